The number of phenolic OH excluding ortho intramolecular Hbond substituents is 1. The van der Waals surface area contributed by atoms with Gasteiger partial charge in [-0.2, -0.15) is 0 Å². The molecule has 124 valence electrons. The molecule has 0 fully saturated rings. The summed E-state index contributed by atoms with van der Waals surface area (Å²) in [6, 6.07) is 12.9. The van der Waals surface area contributed by atoms with Crippen molar-refractivity contribution in [1.82, 2.24) is 4.90 Å². The largest absolute Gasteiger partial charge is 0.507 e. The molecule has 0 bridgehead atoms. The Morgan fingerprint density at radius 1 is 1.21 bits per heavy atom. The summed E-state index contributed by atoms with van der Waals surface area (Å²) in [4.78, 5) is 14.3. The summed E-state index contributed by atoms with van der Waals surface area (Å²) in [6.45, 7) is 4.35. The van der Waals surface area contributed by atoms with Gasteiger partial charge in [0.1, 0.15) is 17.1 Å². The molecule has 3 rings (SSSR count). The first-order valence-corrected chi connectivity index (χ1v) is 8.05. The zero-order chi connectivity index (χ0) is 17.3. The maximum atomic E-state index is 12.7. The summed E-state index contributed by atoms with van der Waals surface area (Å²) in [7, 11) is 1.74. The second-order valence-corrected chi connectivity index (χ2v) is 6.04. The van der Waals surface area contributed by atoms with Crippen molar-refractivity contribution in [3.05, 3.63) is 64.9 Å². The minimum Gasteiger partial charge on any atom is -0.507 e. The molecule has 0 aliphatic heterocycles. The van der Waals surface area contributed by atoms with E-state index in [1.54, 1.807) is 24.1 Å². The van der Waals surface area contributed by atoms with E-state index in [9.17, 15) is 9.90 Å². The number of hydrogen-bond acceptors (Lipinski definition) is 3. The number of aromatic hydroxyl groups is 1. The van der Waals surface area contributed by atoms with Gasteiger partial charge in [-0.15, -0.1) is 0 Å². The number of furan rings is 1. The first-order chi connectivity index (χ1) is 11.5. The van der Waals surface area contributed by atoms with Crippen molar-refractivity contribution in [2.24, 2.45) is 0 Å². The van der Waals surface area contributed by atoms with Crippen LogP contribution in [0.2, 0.25) is 0 Å². The van der Waals surface area contributed by atoms with Crippen LogP contribution in [0.5, 0.6) is 5.75 Å². The van der Waals surface area contributed by atoms with E-state index in [0.29, 0.717) is 12.1 Å². The summed E-state index contributed by atoms with van der Waals surface area (Å²) in [6.07, 6.45) is 0.766. The molecule has 0 unspecified atom stereocenters. The Morgan fingerprint density at radius 3 is 2.67 bits per heavy atom. The maximum absolute atomic E-state index is 12.7. The Hall–Kier alpha value is -2.75. The van der Waals surface area contributed by atoms with Gasteiger partial charge in [-0.25, -0.2) is 0 Å². The van der Waals surface area contributed by atoms with Crippen LogP contribution in [0.4, 0.5) is 0 Å². The van der Waals surface area contributed by atoms with E-state index in [1.807, 2.05) is 44.2 Å². The molecule has 3 aromatic rings. The van der Waals surface area contributed by atoms with Gasteiger partial charge in [0.05, 0.1) is 5.56 Å². The Bertz CT molecular complexity index is 895. The van der Waals surface area contributed by atoms with Crippen LogP contribution in [0, 0.1) is 6.92 Å². The number of benzene rings is 2. The van der Waals surface area contributed by atoms with Crippen molar-refractivity contribution >= 4 is 16.9 Å². The first-order valence-electron chi connectivity index (χ1n) is 8.05. The summed E-state index contributed by atoms with van der Waals surface area (Å²) < 4.78 is 5.89. The van der Waals surface area contributed by atoms with Gasteiger partial charge in [-0.1, -0.05) is 31.2 Å². The quantitative estimate of drug-likeness (QED) is 0.779. The summed E-state index contributed by atoms with van der Waals surface area (Å²) >= 11 is 0. The molecule has 0 aliphatic carbocycles. The molecular weight excluding hydrogens is 302 g/mol. The fourth-order valence-corrected chi connectivity index (χ4v) is 2.95. The topological polar surface area (TPSA) is 53.7 Å². The zero-order valence-electron chi connectivity index (χ0n) is 14.2. The Kier molecular flexibility index (Phi) is 4.30. The van der Waals surface area contributed by atoms with Crippen LogP contribution in [0.25, 0.3) is 11.0 Å². The lowest BCUT2D eigenvalue weighted by atomic mass is 10.1. The molecule has 0 atom stereocenters. The number of phenols is 1. The van der Waals surface area contributed by atoms with Crippen LogP contribution in [0.1, 0.15) is 34.2 Å². The number of hydrogen-bond donors (Lipinski definition) is 1. The third-order valence-electron chi connectivity index (χ3n) is 4.23. The van der Waals surface area contributed by atoms with Gasteiger partial charge in [-0.05, 0) is 30.7 Å². The van der Waals surface area contributed by atoms with Gasteiger partial charge in [0.15, 0.2) is 0 Å². The van der Waals surface area contributed by atoms with Gasteiger partial charge in [0.25, 0.3) is 5.91 Å². The van der Waals surface area contributed by atoms with Crippen LogP contribution in [-0.4, -0.2) is 23.0 Å². The van der Waals surface area contributed by atoms with E-state index in [2.05, 4.69) is 0 Å². The number of para-hydroxylation sites is 1. The number of nitrogens with zero attached hydrogens (tertiary/aromatic N) is 1. The molecule has 2 aromatic carbocycles. The highest BCUT2D eigenvalue weighted by atomic mass is 16.3. The van der Waals surface area contributed by atoms with Crippen LogP contribution in [0.3, 0.4) is 0 Å². The van der Waals surface area contributed by atoms with E-state index in [4.69, 9.17) is 4.42 Å². The predicted octanol–water partition coefficient (Wildman–Crippen LogP) is 4.28. The molecular formula is C20H21NO3. The predicted molar refractivity (Wildman–Crippen MR) is 94.2 cm³/mol. The molecule has 24 heavy (non-hydrogen) atoms. The first kappa shape index (κ1) is 16.1. The lowest BCUT2D eigenvalue weighted by Gasteiger charge is -2.18. The molecule has 1 heterocycles. The molecule has 1 N–H and O–H groups in total. The van der Waals surface area contributed by atoms with Crippen molar-refractivity contribution in [2.45, 2.75) is 26.8 Å². The van der Waals surface area contributed by atoms with Gasteiger partial charge in [-0.3, -0.25) is 4.79 Å². The smallest absolute Gasteiger partial charge is 0.257 e. The third-order valence-corrected chi connectivity index (χ3v) is 4.23. The lowest BCUT2D eigenvalue weighted by Crippen LogP contribution is -2.26. The van der Waals surface area contributed by atoms with E-state index in [-0.39, 0.29) is 11.7 Å². The number of aryl methyl sites for hydroxylation is 2. The van der Waals surface area contributed by atoms with Crippen molar-refractivity contribution in [1.29, 1.82) is 0 Å². The fraction of sp³-hybridized carbons (Fsp3) is 0.250. The van der Waals surface area contributed by atoms with E-state index in [0.717, 1.165) is 34.3 Å². The highest BCUT2D eigenvalue weighted by Crippen LogP contribution is 2.28. The van der Waals surface area contributed by atoms with Crippen LogP contribution in [0.15, 0.2) is 46.9 Å². The summed E-state index contributed by atoms with van der Waals surface area (Å²) in [5, 5.41) is 11.1. The minimum atomic E-state index is -0.208. The van der Waals surface area contributed by atoms with E-state index < -0.39 is 0 Å². The third kappa shape index (κ3) is 2.87. The molecule has 4 nitrogen and oxygen atoms in total. The van der Waals surface area contributed by atoms with Gasteiger partial charge in [0.2, 0.25) is 0 Å². The molecule has 0 saturated carbocycles. The average molecular weight is 323 g/mol. The van der Waals surface area contributed by atoms with Gasteiger partial charge >= 0.3 is 0 Å². The Labute approximate surface area is 141 Å². The molecule has 1 aromatic heterocycles. The van der Waals surface area contributed by atoms with Gasteiger partial charge in [0, 0.05) is 31.0 Å². The highest BCUT2D eigenvalue weighted by Gasteiger charge is 2.20. The Balaban J connectivity index is 1.92. The average Bonchev–Trinajstić information content (AvgIpc) is 2.92. The fourth-order valence-electron chi connectivity index (χ4n) is 2.95. The van der Waals surface area contributed by atoms with Crippen LogP contribution >= 0.6 is 0 Å². The molecule has 1 amide bonds. The van der Waals surface area contributed by atoms with Crippen molar-refractivity contribution in [3.8, 4) is 5.75 Å². The minimum absolute atomic E-state index is 0.0135. The van der Waals surface area contributed by atoms with Crippen molar-refractivity contribution in [3.63, 3.8) is 0 Å². The Morgan fingerprint density at radius 2 is 1.96 bits per heavy atom. The lowest BCUT2D eigenvalue weighted by molar-refractivity contribution is 0.0782. The number of fused-ring (bicyclic) bond motifs is 1. The number of carbonyl (C=O) groups is 1. The molecule has 0 aliphatic rings. The molecule has 0 radical (unpaired) electrons. The number of amides is 1. The number of rotatable bonds is 4. The second-order valence-electron chi connectivity index (χ2n) is 6.04. The van der Waals surface area contributed by atoms with Crippen molar-refractivity contribution in [2.75, 3.05) is 7.05 Å². The highest BCUT2D eigenvalue weighted by molar-refractivity contribution is 5.97. The van der Waals surface area contributed by atoms with E-state index in [1.165, 1.54) is 0 Å². The van der Waals surface area contributed by atoms with E-state index >= 15 is 0 Å². The molecule has 0 spiro atoms. The van der Waals surface area contributed by atoms with Gasteiger partial charge < -0.3 is 14.4 Å². The van der Waals surface area contributed by atoms with Crippen molar-refractivity contribution < 1.29 is 14.3 Å². The standard InChI is InChI=1S/C20H21NO3/c1-4-18-16(14-7-5-6-8-19(14)24-18)12-21(3)20(23)15-10-9-13(2)11-17(15)22/h5-11,22H,4,12H2,1-3H3. The SMILES string of the molecule is CCc1oc2ccccc2c1CN(C)C(=O)c1ccc(C)cc1O. The monoisotopic (exact) mass is 323 g/mol. The zero-order valence-corrected chi connectivity index (χ0v) is 14.2. The maximum Gasteiger partial charge on any atom is 0.257 e. The molecule has 4 heteroatoms. The summed E-state index contributed by atoms with van der Waals surface area (Å²) in [5.41, 5.74) is 3.09. The summed E-state index contributed by atoms with van der Waals surface area (Å²) in [5.74, 6) is 0.698. The molecule has 0 saturated heterocycles. The number of carbonyl (C=O) groups excluding carboxylic acids is 1. The van der Waals surface area contributed by atoms with Crippen LogP contribution in [-0.2, 0) is 13.0 Å². The normalized spacial score (nSPS) is 11.0. The van der Waals surface area contributed by atoms with Crippen LogP contribution < -0.4 is 0 Å². The second kappa shape index (κ2) is 6.40.